The molecule has 0 spiro atoms. The molecular formula is C11H16N6. The van der Waals surface area contributed by atoms with Gasteiger partial charge < -0.3 is 10.6 Å². The van der Waals surface area contributed by atoms with Crippen molar-refractivity contribution in [3.05, 3.63) is 6.20 Å². The van der Waals surface area contributed by atoms with Crippen LogP contribution in [0.4, 0.5) is 11.8 Å². The number of aromatic nitrogens is 4. The summed E-state index contributed by atoms with van der Waals surface area (Å²) in [6.45, 7) is 5.46. The van der Waals surface area contributed by atoms with E-state index in [1.165, 1.54) is 6.42 Å². The number of nitrogens with two attached hydrogens (primary N) is 1. The minimum atomic E-state index is 0.116. The highest BCUT2D eigenvalue weighted by Gasteiger charge is 2.34. The average Bonchev–Trinajstić information content (AvgIpc) is 2.82. The summed E-state index contributed by atoms with van der Waals surface area (Å²) < 4.78 is 0. The van der Waals surface area contributed by atoms with Crippen LogP contribution in [0.5, 0.6) is 0 Å². The van der Waals surface area contributed by atoms with Gasteiger partial charge in [0.25, 0.3) is 0 Å². The molecule has 1 saturated heterocycles. The van der Waals surface area contributed by atoms with Gasteiger partial charge in [0.15, 0.2) is 5.65 Å². The second-order valence-electron chi connectivity index (χ2n) is 5.11. The Morgan fingerprint density at radius 3 is 2.94 bits per heavy atom. The molecule has 0 radical (unpaired) electrons. The summed E-state index contributed by atoms with van der Waals surface area (Å²) >= 11 is 0. The summed E-state index contributed by atoms with van der Waals surface area (Å²) in [4.78, 5) is 10.8. The number of rotatable bonds is 1. The Morgan fingerprint density at radius 2 is 2.24 bits per heavy atom. The fourth-order valence-corrected chi connectivity index (χ4v) is 2.54. The molecule has 0 aliphatic carbocycles. The number of hydrogen-bond acceptors (Lipinski definition) is 5. The Balaban J connectivity index is 2.19. The minimum Gasteiger partial charge on any atom is -0.368 e. The van der Waals surface area contributed by atoms with Crippen LogP contribution in [0, 0.1) is 0 Å². The lowest BCUT2D eigenvalue weighted by Gasteiger charge is -2.32. The molecule has 2 aromatic heterocycles. The molecule has 0 bridgehead atoms. The zero-order chi connectivity index (χ0) is 12.0. The third-order valence-corrected chi connectivity index (χ3v) is 3.46. The van der Waals surface area contributed by atoms with Gasteiger partial charge in [-0.1, -0.05) is 0 Å². The van der Waals surface area contributed by atoms with Crippen LogP contribution in [0.15, 0.2) is 6.20 Å². The van der Waals surface area contributed by atoms with Crippen molar-refractivity contribution in [3.63, 3.8) is 0 Å². The topological polar surface area (TPSA) is 83.7 Å². The number of fused-ring (bicyclic) bond motifs is 1. The fourth-order valence-electron chi connectivity index (χ4n) is 2.54. The van der Waals surface area contributed by atoms with Gasteiger partial charge in [0, 0.05) is 12.1 Å². The first-order valence-corrected chi connectivity index (χ1v) is 5.82. The number of nitrogen functional groups attached to an aromatic ring is 1. The lowest BCUT2D eigenvalue weighted by atomic mass is 10.0. The van der Waals surface area contributed by atoms with Crippen LogP contribution in [0.3, 0.4) is 0 Å². The van der Waals surface area contributed by atoms with Crippen LogP contribution >= 0.6 is 0 Å². The maximum absolute atomic E-state index is 5.74. The number of aromatic amines is 1. The van der Waals surface area contributed by atoms with Gasteiger partial charge in [0.2, 0.25) is 5.95 Å². The minimum absolute atomic E-state index is 0.116. The van der Waals surface area contributed by atoms with Crippen LogP contribution in [0.2, 0.25) is 0 Å². The molecule has 3 N–H and O–H groups in total. The number of nitrogens with one attached hydrogen (secondary N) is 1. The van der Waals surface area contributed by atoms with E-state index in [2.05, 4.69) is 38.9 Å². The predicted molar refractivity (Wildman–Crippen MR) is 66.8 cm³/mol. The Labute approximate surface area is 99.2 Å². The molecule has 0 aromatic carbocycles. The molecule has 0 unspecified atom stereocenters. The van der Waals surface area contributed by atoms with Crippen LogP contribution in [-0.2, 0) is 0 Å². The Bertz CT molecular complexity index is 558. The first kappa shape index (κ1) is 10.3. The van der Waals surface area contributed by atoms with Crippen LogP contribution in [0.1, 0.15) is 26.7 Å². The maximum Gasteiger partial charge on any atom is 0.224 e. The van der Waals surface area contributed by atoms with Crippen LogP contribution in [0.25, 0.3) is 11.0 Å². The summed E-state index contributed by atoms with van der Waals surface area (Å²) in [6.07, 6.45) is 4.10. The molecule has 90 valence electrons. The van der Waals surface area contributed by atoms with Crippen LogP contribution < -0.4 is 10.6 Å². The van der Waals surface area contributed by atoms with E-state index in [0.29, 0.717) is 11.6 Å². The summed E-state index contributed by atoms with van der Waals surface area (Å²) in [5, 5.41) is 7.80. The summed E-state index contributed by atoms with van der Waals surface area (Å²) in [6, 6.07) is 0. The molecule has 0 saturated carbocycles. The van der Waals surface area contributed by atoms with Gasteiger partial charge in [-0.25, -0.2) is 0 Å². The molecule has 1 fully saturated rings. The molecule has 6 nitrogen and oxygen atoms in total. The van der Waals surface area contributed by atoms with E-state index in [1.54, 1.807) is 6.20 Å². The lowest BCUT2D eigenvalue weighted by Crippen LogP contribution is -2.38. The van der Waals surface area contributed by atoms with E-state index in [0.717, 1.165) is 24.2 Å². The molecule has 17 heavy (non-hydrogen) atoms. The highest BCUT2D eigenvalue weighted by molar-refractivity contribution is 5.87. The summed E-state index contributed by atoms with van der Waals surface area (Å²) in [5.41, 5.74) is 6.56. The van der Waals surface area contributed by atoms with Gasteiger partial charge in [-0.15, -0.1) is 0 Å². The Morgan fingerprint density at radius 1 is 1.41 bits per heavy atom. The smallest absolute Gasteiger partial charge is 0.224 e. The molecule has 6 heteroatoms. The lowest BCUT2D eigenvalue weighted by molar-refractivity contribution is 0.515. The quantitative estimate of drug-likeness (QED) is 0.774. The normalized spacial score (nSPS) is 19.1. The number of nitrogens with zero attached hydrogens (tertiary/aromatic N) is 4. The van der Waals surface area contributed by atoms with E-state index in [9.17, 15) is 0 Å². The molecule has 1 aliphatic rings. The number of anilines is 2. The van der Waals surface area contributed by atoms with Gasteiger partial charge in [0.05, 0.1) is 11.6 Å². The molecule has 1 aliphatic heterocycles. The molecule has 2 aromatic rings. The Kier molecular flexibility index (Phi) is 2.01. The molecule has 0 atom stereocenters. The standard InChI is InChI=1S/C11H16N6/c1-11(2)4-3-5-17(11)9-7-6-13-16-8(7)14-10(12)15-9/h6H,3-5H2,1-2H3,(H3,12,13,14,15,16). The second kappa shape index (κ2) is 3.32. The zero-order valence-corrected chi connectivity index (χ0v) is 10.1. The van der Waals surface area contributed by atoms with E-state index < -0.39 is 0 Å². The van der Waals surface area contributed by atoms with E-state index >= 15 is 0 Å². The second-order valence-corrected chi connectivity index (χ2v) is 5.11. The molecule has 3 heterocycles. The third-order valence-electron chi connectivity index (χ3n) is 3.46. The fraction of sp³-hybridized carbons (Fsp3) is 0.545. The SMILES string of the molecule is CC1(C)CCCN1c1nc(N)nc2[nH]ncc12. The zero-order valence-electron chi connectivity index (χ0n) is 10.1. The van der Waals surface area contributed by atoms with Crippen molar-refractivity contribution in [2.75, 3.05) is 17.2 Å². The van der Waals surface area contributed by atoms with Gasteiger partial charge >= 0.3 is 0 Å². The van der Waals surface area contributed by atoms with E-state index in [1.807, 2.05) is 0 Å². The van der Waals surface area contributed by atoms with Gasteiger partial charge in [-0.2, -0.15) is 15.1 Å². The average molecular weight is 232 g/mol. The van der Waals surface area contributed by atoms with E-state index in [-0.39, 0.29) is 5.54 Å². The van der Waals surface area contributed by atoms with Crippen molar-refractivity contribution in [1.82, 2.24) is 20.2 Å². The largest absolute Gasteiger partial charge is 0.368 e. The van der Waals surface area contributed by atoms with Crippen molar-refractivity contribution in [3.8, 4) is 0 Å². The monoisotopic (exact) mass is 232 g/mol. The summed E-state index contributed by atoms with van der Waals surface area (Å²) in [7, 11) is 0. The van der Waals surface area contributed by atoms with Crippen LogP contribution in [-0.4, -0.2) is 32.2 Å². The van der Waals surface area contributed by atoms with Crippen molar-refractivity contribution < 1.29 is 0 Å². The highest BCUT2D eigenvalue weighted by atomic mass is 15.3. The number of hydrogen-bond donors (Lipinski definition) is 2. The van der Waals surface area contributed by atoms with Gasteiger partial charge in [-0.05, 0) is 26.7 Å². The van der Waals surface area contributed by atoms with Crippen molar-refractivity contribution in [1.29, 1.82) is 0 Å². The van der Waals surface area contributed by atoms with Crippen molar-refractivity contribution in [2.24, 2.45) is 0 Å². The predicted octanol–water partition coefficient (Wildman–Crippen LogP) is 1.31. The van der Waals surface area contributed by atoms with E-state index in [4.69, 9.17) is 5.73 Å². The molecule has 3 rings (SSSR count). The van der Waals surface area contributed by atoms with Gasteiger partial charge in [0.1, 0.15) is 5.82 Å². The maximum atomic E-state index is 5.74. The van der Waals surface area contributed by atoms with Gasteiger partial charge in [-0.3, -0.25) is 5.10 Å². The Hall–Kier alpha value is -1.85. The highest BCUT2D eigenvalue weighted by Crippen LogP contribution is 2.35. The first-order valence-electron chi connectivity index (χ1n) is 5.82. The van der Waals surface area contributed by atoms with Crippen molar-refractivity contribution >= 4 is 22.8 Å². The number of H-pyrrole nitrogens is 1. The molecule has 0 amide bonds. The molecular weight excluding hydrogens is 216 g/mol. The summed E-state index contributed by atoms with van der Waals surface area (Å²) in [5.74, 6) is 1.18. The first-order chi connectivity index (χ1) is 8.08. The van der Waals surface area contributed by atoms with Crippen molar-refractivity contribution in [2.45, 2.75) is 32.2 Å². The third kappa shape index (κ3) is 1.51.